The van der Waals surface area contributed by atoms with Crippen LogP contribution in [0.2, 0.25) is 0 Å². The van der Waals surface area contributed by atoms with E-state index in [1.165, 1.54) is 12.1 Å². The Kier molecular flexibility index (Phi) is 2.34. The predicted octanol–water partition coefficient (Wildman–Crippen LogP) is 3.65. The van der Waals surface area contributed by atoms with Crippen LogP contribution in [-0.4, -0.2) is 0 Å². The molecule has 0 aliphatic heterocycles. The van der Waals surface area contributed by atoms with Crippen molar-refractivity contribution in [1.29, 1.82) is 5.26 Å². The van der Waals surface area contributed by atoms with Gasteiger partial charge in [-0.2, -0.15) is 5.26 Å². The quantitative estimate of drug-likeness (QED) is 0.694. The molecule has 0 radical (unpaired) electrons. The van der Waals surface area contributed by atoms with Crippen LogP contribution in [0, 0.1) is 11.3 Å². The second-order valence-electron chi connectivity index (χ2n) is 3.20. The maximum Gasteiger partial charge on any atom is 0.263 e. The summed E-state index contributed by atoms with van der Waals surface area (Å²) in [5.41, 5.74) is 0.492. The Morgan fingerprint density at radius 2 is 1.93 bits per heavy atom. The van der Waals surface area contributed by atoms with E-state index in [1.54, 1.807) is 24.3 Å². The lowest BCUT2D eigenvalue weighted by Gasteiger charge is -2.03. The van der Waals surface area contributed by atoms with Gasteiger partial charge in [0, 0.05) is 5.56 Å². The Morgan fingerprint density at radius 1 is 1.13 bits per heavy atom. The molecule has 0 unspecified atom stereocenters. The van der Waals surface area contributed by atoms with Crippen molar-refractivity contribution in [3.8, 4) is 6.07 Å². The van der Waals surface area contributed by atoms with Gasteiger partial charge < -0.3 is 0 Å². The fraction of sp³-hybridized carbons (Fsp3) is 0.0833. The number of benzene rings is 2. The molecule has 2 rings (SSSR count). The highest BCUT2D eigenvalue weighted by atomic mass is 19.3. The van der Waals surface area contributed by atoms with E-state index in [2.05, 4.69) is 0 Å². The minimum Gasteiger partial charge on any atom is -0.205 e. The molecule has 0 heterocycles. The fourth-order valence-corrected chi connectivity index (χ4v) is 1.54. The van der Waals surface area contributed by atoms with E-state index in [9.17, 15) is 8.78 Å². The summed E-state index contributed by atoms with van der Waals surface area (Å²) in [6.07, 6.45) is -2.47. The lowest BCUT2D eigenvalue weighted by molar-refractivity contribution is 0.151. The molecule has 2 aromatic carbocycles. The zero-order valence-corrected chi connectivity index (χ0v) is 7.74. The molecule has 0 saturated carbocycles. The third-order valence-electron chi connectivity index (χ3n) is 2.28. The maximum atomic E-state index is 12.4. The summed E-state index contributed by atoms with van der Waals surface area (Å²) >= 11 is 0. The van der Waals surface area contributed by atoms with Crippen LogP contribution in [-0.2, 0) is 0 Å². The highest BCUT2D eigenvalue weighted by molar-refractivity contribution is 5.88. The first-order chi connectivity index (χ1) is 7.22. The van der Waals surface area contributed by atoms with Gasteiger partial charge in [0.15, 0.2) is 0 Å². The molecule has 0 saturated heterocycles. The molecule has 0 aromatic heterocycles. The summed E-state index contributed by atoms with van der Waals surface area (Å²) in [7, 11) is 0. The van der Waals surface area contributed by atoms with Gasteiger partial charge in [-0.15, -0.1) is 0 Å². The van der Waals surface area contributed by atoms with Crippen molar-refractivity contribution in [3.63, 3.8) is 0 Å². The molecule has 1 nitrogen and oxygen atoms in total. The first-order valence-electron chi connectivity index (χ1n) is 4.43. The average Bonchev–Trinajstić information content (AvgIpc) is 2.27. The summed E-state index contributed by atoms with van der Waals surface area (Å²) in [5.74, 6) is 0. The van der Waals surface area contributed by atoms with E-state index < -0.39 is 6.43 Å². The third kappa shape index (κ3) is 1.66. The molecule has 0 aliphatic rings. The van der Waals surface area contributed by atoms with Crippen LogP contribution in [0.5, 0.6) is 0 Å². The Morgan fingerprint density at radius 3 is 2.60 bits per heavy atom. The molecule has 0 fully saturated rings. The molecule has 0 aliphatic carbocycles. The van der Waals surface area contributed by atoms with E-state index in [0.29, 0.717) is 16.3 Å². The van der Waals surface area contributed by atoms with Gasteiger partial charge in [-0.3, -0.25) is 0 Å². The normalized spacial score (nSPS) is 10.5. The van der Waals surface area contributed by atoms with Crippen molar-refractivity contribution >= 4 is 10.8 Å². The average molecular weight is 203 g/mol. The van der Waals surface area contributed by atoms with Crippen molar-refractivity contribution in [2.45, 2.75) is 6.43 Å². The van der Waals surface area contributed by atoms with Crippen molar-refractivity contribution in [3.05, 3.63) is 47.5 Å². The van der Waals surface area contributed by atoms with Gasteiger partial charge in [0.1, 0.15) is 0 Å². The van der Waals surface area contributed by atoms with Crippen LogP contribution in [0.1, 0.15) is 17.6 Å². The Labute approximate surface area is 85.6 Å². The van der Waals surface area contributed by atoms with Crippen LogP contribution in [0.15, 0.2) is 36.4 Å². The summed E-state index contributed by atoms with van der Waals surface area (Å²) in [4.78, 5) is 0. The number of halogens is 2. The van der Waals surface area contributed by atoms with Crippen LogP contribution < -0.4 is 0 Å². The van der Waals surface area contributed by atoms with Crippen LogP contribution in [0.3, 0.4) is 0 Å². The second-order valence-corrected chi connectivity index (χ2v) is 3.20. The van der Waals surface area contributed by atoms with E-state index in [0.717, 1.165) is 0 Å². The summed E-state index contributed by atoms with van der Waals surface area (Å²) < 4.78 is 24.8. The van der Waals surface area contributed by atoms with Crippen molar-refractivity contribution < 1.29 is 8.78 Å². The first kappa shape index (κ1) is 9.60. The third-order valence-corrected chi connectivity index (χ3v) is 2.28. The Balaban J connectivity index is 2.70. The maximum absolute atomic E-state index is 12.4. The van der Waals surface area contributed by atoms with Crippen molar-refractivity contribution in [2.75, 3.05) is 0 Å². The first-order valence-corrected chi connectivity index (χ1v) is 4.43. The molecule has 0 spiro atoms. The number of fused-ring (bicyclic) bond motifs is 1. The molecular formula is C12H7F2N. The summed E-state index contributed by atoms with van der Waals surface area (Å²) in [6.45, 7) is 0. The number of nitrogens with zero attached hydrogens (tertiary/aromatic N) is 1. The molecule has 74 valence electrons. The lowest BCUT2D eigenvalue weighted by atomic mass is 10.0. The van der Waals surface area contributed by atoms with Gasteiger partial charge in [-0.25, -0.2) is 8.78 Å². The van der Waals surface area contributed by atoms with Crippen molar-refractivity contribution in [2.24, 2.45) is 0 Å². The van der Waals surface area contributed by atoms with Crippen LogP contribution in [0.4, 0.5) is 8.78 Å². The molecular weight excluding hydrogens is 196 g/mol. The molecule has 0 atom stereocenters. The number of hydrogen-bond donors (Lipinski definition) is 0. The van der Waals surface area contributed by atoms with Crippen LogP contribution >= 0.6 is 0 Å². The molecule has 0 amide bonds. The number of alkyl halides is 2. The van der Waals surface area contributed by atoms with E-state index >= 15 is 0 Å². The lowest BCUT2D eigenvalue weighted by Crippen LogP contribution is -1.85. The number of hydrogen-bond acceptors (Lipinski definition) is 1. The molecule has 2 aromatic rings. The molecule has 0 bridgehead atoms. The van der Waals surface area contributed by atoms with Gasteiger partial charge in [0.25, 0.3) is 6.43 Å². The van der Waals surface area contributed by atoms with Crippen LogP contribution in [0.25, 0.3) is 10.8 Å². The Hall–Kier alpha value is -1.95. The molecule has 3 heteroatoms. The minimum atomic E-state index is -2.47. The van der Waals surface area contributed by atoms with E-state index in [-0.39, 0.29) is 5.56 Å². The number of nitriles is 1. The molecule has 15 heavy (non-hydrogen) atoms. The Bertz CT molecular complexity index is 541. The minimum absolute atomic E-state index is 0.0161. The monoisotopic (exact) mass is 203 g/mol. The highest BCUT2D eigenvalue weighted by Gasteiger charge is 2.08. The zero-order chi connectivity index (χ0) is 10.8. The zero-order valence-electron chi connectivity index (χ0n) is 7.74. The standard InChI is InChI=1S/C12H7F2N/c13-12(14)9-4-5-11-8(6-9)2-1-3-10(11)7-15/h1-6,12H. The predicted molar refractivity (Wildman–Crippen MR) is 53.6 cm³/mol. The second kappa shape index (κ2) is 3.66. The van der Waals surface area contributed by atoms with Gasteiger partial charge in [0.2, 0.25) is 0 Å². The summed E-state index contributed by atoms with van der Waals surface area (Å²) in [6, 6.07) is 11.5. The van der Waals surface area contributed by atoms with Gasteiger partial charge in [-0.1, -0.05) is 24.3 Å². The largest absolute Gasteiger partial charge is 0.263 e. The van der Waals surface area contributed by atoms with Crippen molar-refractivity contribution in [1.82, 2.24) is 0 Å². The fourth-order valence-electron chi connectivity index (χ4n) is 1.54. The number of rotatable bonds is 1. The van der Waals surface area contributed by atoms with Gasteiger partial charge >= 0.3 is 0 Å². The summed E-state index contributed by atoms with van der Waals surface area (Å²) in [5, 5.41) is 10.2. The smallest absolute Gasteiger partial charge is 0.205 e. The van der Waals surface area contributed by atoms with Gasteiger partial charge in [-0.05, 0) is 22.9 Å². The topological polar surface area (TPSA) is 23.8 Å². The highest BCUT2D eigenvalue weighted by Crippen LogP contribution is 2.25. The SMILES string of the molecule is N#Cc1cccc2cc(C(F)F)ccc12. The van der Waals surface area contributed by atoms with Gasteiger partial charge in [0.05, 0.1) is 11.6 Å². The van der Waals surface area contributed by atoms with E-state index in [4.69, 9.17) is 5.26 Å². The molecule has 0 N–H and O–H groups in total. The van der Waals surface area contributed by atoms with E-state index in [1.807, 2.05) is 6.07 Å².